The second kappa shape index (κ2) is 9.28. The molecule has 0 radical (unpaired) electrons. The van der Waals surface area contributed by atoms with Gasteiger partial charge in [0, 0.05) is 24.4 Å². The van der Waals surface area contributed by atoms with Crippen LogP contribution in [0.4, 0.5) is 10.1 Å². The number of halogens is 1. The lowest BCUT2D eigenvalue weighted by molar-refractivity contribution is -0.135. The highest BCUT2D eigenvalue weighted by molar-refractivity contribution is 6.14. The molecule has 2 heterocycles. The fourth-order valence-electron chi connectivity index (χ4n) is 6.42. The van der Waals surface area contributed by atoms with Crippen molar-refractivity contribution in [2.75, 3.05) is 5.32 Å². The number of amides is 3. The predicted molar refractivity (Wildman–Crippen MR) is 133 cm³/mol. The number of fused-ring (bicyclic) bond motifs is 3. The molecule has 1 aliphatic heterocycles. The van der Waals surface area contributed by atoms with Gasteiger partial charge in [-0.3, -0.25) is 14.4 Å². The van der Waals surface area contributed by atoms with Gasteiger partial charge in [0.05, 0.1) is 17.7 Å². The maximum absolute atomic E-state index is 14.3. The van der Waals surface area contributed by atoms with Gasteiger partial charge in [0.25, 0.3) is 5.91 Å². The first kappa shape index (κ1) is 23.8. The molecule has 1 aromatic carbocycles. The SMILES string of the molecule is CC(=O)Nc1c2n(c3ccc(F)cc13)CC(C)(C(=O)NC1CCCCC1)N(C1CCCCC1)C2=O. The lowest BCUT2D eigenvalue weighted by atomic mass is 9.86. The Balaban J connectivity index is 1.63. The summed E-state index contributed by atoms with van der Waals surface area (Å²) in [4.78, 5) is 42.0. The molecule has 8 heteroatoms. The summed E-state index contributed by atoms with van der Waals surface area (Å²) >= 11 is 0. The van der Waals surface area contributed by atoms with Crippen molar-refractivity contribution in [3.8, 4) is 0 Å². The first-order valence-electron chi connectivity index (χ1n) is 13.0. The van der Waals surface area contributed by atoms with Gasteiger partial charge in [0.15, 0.2) is 0 Å². The number of rotatable bonds is 4. The summed E-state index contributed by atoms with van der Waals surface area (Å²) in [5.41, 5.74) is 0.206. The summed E-state index contributed by atoms with van der Waals surface area (Å²) in [5.74, 6) is -1.17. The second-order valence-corrected chi connectivity index (χ2v) is 10.7. The van der Waals surface area contributed by atoms with Crippen molar-refractivity contribution >= 4 is 34.3 Å². The van der Waals surface area contributed by atoms with Crippen LogP contribution in [0.25, 0.3) is 10.9 Å². The summed E-state index contributed by atoms with van der Waals surface area (Å²) in [6.45, 7) is 3.50. The summed E-state index contributed by atoms with van der Waals surface area (Å²) in [6.07, 6.45) is 10.2. The Kier molecular flexibility index (Phi) is 6.32. The summed E-state index contributed by atoms with van der Waals surface area (Å²) in [6, 6.07) is 4.41. The van der Waals surface area contributed by atoms with Crippen molar-refractivity contribution in [2.24, 2.45) is 0 Å². The molecule has 35 heavy (non-hydrogen) atoms. The van der Waals surface area contributed by atoms with Crippen molar-refractivity contribution in [1.82, 2.24) is 14.8 Å². The molecule has 2 N–H and O–H groups in total. The highest BCUT2D eigenvalue weighted by Gasteiger charge is 2.51. The molecule has 0 saturated heterocycles. The molecule has 2 saturated carbocycles. The number of hydrogen-bond donors (Lipinski definition) is 2. The number of nitrogens with one attached hydrogen (secondary N) is 2. The lowest BCUT2D eigenvalue weighted by Gasteiger charge is -2.49. The Morgan fingerprint density at radius 2 is 1.69 bits per heavy atom. The summed E-state index contributed by atoms with van der Waals surface area (Å²) in [7, 11) is 0. The number of aromatic nitrogens is 1. The summed E-state index contributed by atoms with van der Waals surface area (Å²) in [5, 5.41) is 6.53. The summed E-state index contributed by atoms with van der Waals surface area (Å²) < 4.78 is 16.1. The molecule has 5 rings (SSSR count). The minimum absolute atomic E-state index is 0.0490. The topological polar surface area (TPSA) is 83.4 Å². The minimum Gasteiger partial charge on any atom is -0.351 e. The van der Waals surface area contributed by atoms with E-state index in [4.69, 9.17) is 0 Å². The van der Waals surface area contributed by atoms with Gasteiger partial charge < -0.3 is 20.1 Å². The van der Waals surface area contributed by atoms with Crippen LogP contribution in [0.1, 0.15) is 88.5 Å². The van der Waals surface area contributed by atoms with Crippen LogP contribution in [0, 0.1) is 5.82 Å². The van der Waals surface area contributed by atoms with E-state index >= 15 is 0 Å². The van der Waals surface area contributed by atoms with E-state index in [2.05, 4.69) is 10.6 Å². The molecule has 3 aliphatic rings. The van der Waals surface area contributed by atoms with E-state index in [0.29, 0.717) is 22.3 Å². The van der Waals surface area contributed by atoms with Crippen LogP contribution >= 0.6 is 0 Å². The Labute approximate surface area is 205 Å². The first-order valence-corrected chi connectivity index (χ1v) is 13.0. The van der Waals surface area contributed by atoms with Gasteiger partial charge in [-0.2, -0.15) is 0 Å². The molecule has 2 aromatic rings. The van der Waals surface area contributed by atoms with Crippen molar-refractivity contribution < 1.29 is 18.8 Å². The molecule has 188 valence electrons. The Morgan fingerprint density at radius 1 is 1.03 bits per heavy atom. The Hall–Kier alpha value is -2.90. The number of hydrogen-bond acceptors (Lipinski definition) is 3. The van der Waals surface area contributed by atoms with E-state index in [-0.39, 0.29) is 36.3 Å². The third-order valence-corrected chi connectivity index (χ3v) is 8.11. The van der Waals surface area contributed by atoms with Gasteiger partial charge in [-0.25, -0.2) is 4.39 Å². The van der Waals surface area contributed by atoms with Crippen molar-refractivity contribution in [2.45, 2.75) is 102 Å². The van der Waals surface area contributed by atoms with E-state index in [1.165, 1.54) is 25.5 Å². The fraction of sp³-hybridized carbons (Fsp3) is 0.593. The van der Waals surface area contributed by atoms with Crippen LogP contribution in [-0.2, 0) is 16.1 Å². The predicted octanol–water partition coefficient (Wildman–Crippen LogP) is 4.73. The molecule has 3 amide bonds. The molecule has 7 nitrogen and oxygen atoms in total. The van der Waals surface area contributed by atoms with Gasteiger partial charge in [-0.05, 0) is 50.8 Å². The smallest absolute Gasteiger partial charge is 0.273 e. The highest BCUT2D eigenvalue weighted by atomic mass is 19.1. The van der Waals surface area contributed by atoms with Gasteiger partial charge >= 0.3 is 0 Å². The van der Waals surface area contributed by atoms with Gasteiger partial charge in [0.1, 0.15) is 17.1 Å². The normalized spacial score (nSPS) is 23.9. The molecule has 2 aliphatic carbocycles. The monoisotopic (exact) mass is 482 g/mol. The van der Waals surface area contributed by atoms with E-state index < -0.39 is 11.4 Å². The van der Waals surface area contributed by atoms with Gasteiger partial charge in [-0.1, -0.05) is 38.5 Å². The number of anilines is 1. The van der Waals surface area contributed by atoms with Crippen LogP contribution in [-0.4, -0.2) is 44.8 Å². The third kappa shape index (κ3) is 4.21. The third-order valence-electron chi connectivity index (χ3n) is 8.11. The van der Waals surface area contributed by atoms with Crippen LogP contribution < -0.4 is 10.6 Å². The standard InChI is InChI=1S/C27H35FN4O3/c1-17(33)29-23-21-15-18(28)13-14-22(21)31-16-27(2,26(35)30-19-9-5-3-6-10-19)32(25(34)24(23)31)20-11-7-4-8-12-20/h13-15,19-20H,3-12,16H2,1-2H3,(H,29,33)(H,30,35). The molecular weight excluding hydrogens is 447 g/mol. The molecule has 2 fully saturated rings. The molecular formula is C27H35FN4O3. The van der Waals surface area contributed by atoms with Crippen LogP contribution in [0.3, 0.4) is 0 Å². The maximum atomic E-state index is 14.3. The highest BCUT2D eigenvalue weighted by Crippen LogP contribution is 2.42. The minimum atomic E-state index is -1.09. The fourth-order valence-corrected chi connectivity index (χ4v) is 6.42. The molecule has 1 atom stereocenters. The lowest BCUT2D eigenvalue weighted by Crippen LogP contribution is -2.67. The average Bonchev–Trinajstić information content (AvgIpc) is 3.12. The number of nitrogens with zero attached hydrogens (tertiary/aromatic N) is 2. The van der Waals surface area contributed by atoms with E-state index in [0.717, 1.165) is 57.8 Å². The van der Waals surface area contributed by atoms with Crippen molar-refractivity contribution in [3.63, 3.8) is 0 Å². The number of carbonyl (C=O) groups excluding carboxylic acids is 3. The zero-order valence-corrected chi connectivity index (χ0v) is 20.7. The van der Waals surface area contributed by atoms with Crippen LogP contribution in [0.15, 0.2) is 18.2 Å². The first-order chi connectivity index (χ1) is 16.8. The molecule has 1 unspecified atom stereocenters. The van der Waals surface area contributed by atoms with Gasteiger partial charge in [0.2, 0.25) is 11.8 Å². The van der Waals surface area contributed by atoms with Crippen LogP contribution in [0.5, 0.6) is 0 Å². The zero-order chi connectivity index (χ0) is 24.7. The van der Waals surface area contributed by atoms with Crippen molar-refractivity contribution in [3.05, 3.63) is 29.7 Å². The van der Waals surface area contributed by atoms with Crippen molar-refractivity contribution in [1.29, 1.82) is 0 Å². The van der Waals surface area contributed by atoms with E-state index in [1.54, 1.807) is 11.0 Å². The molecule has 0 bridgehead atoms. The number of carbonyl (C=O) groups is 3. The van der Waals surface area contributed by atoms with E-state index in [1.807, 2.05) is 11.5 Å². The number of benzene rings is 1. The van der Waals surface area contributed by atoms with E-state index in [9.17, 15) is 18.8 Å². The Bertz CT molecular complexity index is 1160. The average molecular weight is 483 g/mol. The second-order valence-electron chi connectivity index (χ2n) is 10.7. The molecule has 1 aromatic heterocycles. The largest absolute Gasteiger partial charge is 0.351 e. The zero-order valence-electron chi connectivity index (χ0n) is 20.7. The maximum Gasteiger partial charge on any atom is 0.273 e. The molecule has 0 spiro atoms. The Morgan fingerprint density at radius 3 is 2.34 bits per heavy atom. The van der Waals surface area contributed by atoms with Crippen LogP contribution in [0.2, 0.25) is 0 Å². The quantitative estimate of drug-likeness (QED) is 0.661. The van der Waals surface area contributed by atoms with Gasteiger partial charge in [-0.15, -0.1) is 0 Å².